The molecular formula is C15H19N. The second-order valence-corrected chi connectivity index (χ2v) is 4.60. The van der Waals surface area contributed by atoms with Gasteiger partial charge < -0.3 is 5.73 Å². The maximum absolute atomic E-state index is 6.27. The van der Waals surface area contributed by atoms with Gasteiger partial charge in [0.1, 0.15) is 0 Å². The van der Waals surface area contributed by atoms with Crippen molar-refractivity contribution in [2.45, 2.75) is 44.1 Å². The molecule has 0 fully saturated rings. The quantitative estimate of drug-likeness (QED) is 0.604. The molecule has 1 aliphatic carbocycles. The van der Waals surface area contributed by atoms with Crippen LogP contribution in [-0.2, 0) is 6.42 Å². The number of aryl methyl sites for hydroxylation is 1. The summed E-state index contributed by atoms with van der Waals surface area (Å²) in [5.74, 6) is 3.23. The second-order valence-electron chi connectivity index (χ2n) is 4.60. The molecule has 0 amide bonds. The molecule has 0 spiro atoms. The van der Waals surface area contributed by atoms with Crippen LogP contribution in [0.1, 0.15) is 42.7 Å². The van der Waals surface area contributed by atoms with Crippen molar-refractivity contribution in [3.05, 3.63) is 35.4 Å². The number of unbranched alkanes of at least 4 members (excludes halogenated alkanes) is 1. The Balaban J connectivity index is 1.99. The normalized spacial score (nSPS) is 20.1. The first-order valence-corrected chi connectivity index (χ1v) is 6.09. The van der Waals surface area contributed by atoms with Crippen molar-refractivity contribution >= 4 is 0 Å². The zero-order chi connectivity index (χ0) is 11.4. The molecule has 2 unspecified atom stereocenters. The fourth-order valence-corrected chi connectivity index (χ4v) is 2.68. The van der Waals surface area contributed by atoms with E-state index in [2.05, 4.69) is 30.2 Å². The van der Waals surface area contributed by atoms with Gasteiger partial charge >= 0.3 is 0 Å². The number of hydrogen-bond acceptors (Lipinski definition) is 1. The highest BCUT2D eigenvalue weighted by Crippen LogP contribution is 2.35. The molecule has 0 aromatic heterocycles. The Morgan fingerprint density at radius 1 is 1.44 bits per heavy atom. The molecule has 16 heavy (non-hydrogen) atoms. The van der Waals surface area contributed by atoms with E-state index in [1.807, 2.05) is 0 Å². The predicted molar refractivity (Wildman–Crippen MR) is 68.2 cm³/mol. The van der Waals surface area contributed by atoms with Crippen molar-refractivity contribution in [3.8, 4) is 12.3 Å². The van der Waals surface area contributed by atoms with Gasteiger partial charge in [-0.15, -0.1) is 12.3 Å². The van der Waals surface area contributed by atoms with Gasteiger partial charge in [-0.25, -0.2) is 0 Å². The van der Waals surface area contributed by atoms with Crippen LogP contribution in [0.2, 0.25) is 0 Å². The molecule has 0 saturated carbocycles. The molecule has 84 valence electrons. The Morgan fingerprint density at radius 3 is 3.06 bits per heavy atom. The van der Waals surface area contributed by atoms with Crippen molar-refractivity contribution in [1.82, 2.24) is 0 Å². The predicted octanol–water partition coefficient (Wildman–Crippen LogP) is 2.85. The molecule has 2 rings (SSSR count). The summed E-state index contributed by atoms with van der Waals surface area (Å²) in [5, 5.41) is 0. The number of nitrogens with two attached hydrogens (primary N) is 1. The molecule has 1 nitrogen and oxygen atoms in total. The highest BCUT2D eigenvalue weighted by molar-refractivity contribution is 5.35. The Kier molecular flexibility index (Phi) is 3.64. The van der Waals surface area contributed by atoms with Crippen LogP contribution < -0.4 is 5.73 Å². The van der Waals surface area contributed by atoms with Crippen LogP contribution in [0, 0.1) is 12.3 Å². The minimum absolute atomic E-state index is 0.275. The van der Waals surface area contributed by atoms with E-state index in [0.29, 0.717) is 5.92 Å². The van der Waals surface area contributed by atoms with E-state index in [0.717, 1.165) is 19.3 Å². The fourth-order valence-electron chi connectivity index (χ4n) is 2.68. The number of benzene rings is 1. The Labute approximate surface area is 98.0 Å². The van der Waals surface area contributed by atoms with Crippen LogP contribution in [0.15, 0.2) is 24.3 Å². The van der Waals surface area contributed by atoms with E-state index in [1.54, 1.807) is 0 Å². The Morgan fingerprint density at radius 2 is 2.25 bits per heavy atom. The summed E-state index contributed by atoms with van der Waals surface area (Å²) in [6.07, 6.45) is 10.6. The zero-order valence-electron chi connectivity index (χ0n) is 9.65. The van der Waals surface area contributed by atoms with Gasteiger partial charge in [0.2, 0.25) is 0 Å². The molecular weight excluding hydrogens is 194 g/mol. The standard InChI is InChI=1S/C15H19N/c1-2-3-4-9-15(16)14-11-10-12-7-5-6-8-13(12)14/h1,5-8,14-15H,3-4,9-11,16H2. The van der Waals surface area contributed by atoms with Gasteiger partial charge in [0, 0.05) is 12.5 Å². The van der Waals surface area contributed by atoms with Gasteiger partial charge in [0.05, 0.1) is 0 Å². The topological polar surface area (TPSA) is 26.0 Å². The molecule has 0 radical (unpaired) electrons. The first-order valence-electron chi connectivity index (χ1n) is 6.09. The third-order valence-electron chi connectivity index (χ3n) is 3.55. The molecule has 1 aromatic rings. The van der Waals surface area contributed by atoms with E-state index < -0.39 is 0 Å². The van der Waals surface area contributed by atoms with E-state index in [9.17, 15) is 0 Å². The van der Waals surface area contributed by atoms with Crippen molar-refractivity contribution in [2.75, 3.05) is 0 Å². The molecule has 2 atom stereocenters. The van der Waals surface area contributed by atoms with Crippen molar-refractivity contribution < 1.29 is 0 Å². The lowest BCUT2D eigenvalue weighted by Gasteiger charge is -2.19. The third kappa shape index (κ3) is 2.28. The van der Waals surface area contributed by atoms with Gasteiger partial charge in [-0.3, -0.25) is 0 Å². The highest BCUT2D eigenvalue weighted by Gasteiger charge is 2.26. The van der Waals surface area contributed by atoms with Gasteiger partial charge in [-0.05, 0) is 42.7 Å². The first-order chi connectivity index (χ1) is 7.83. The van der Waals surface area contributed by atoms with Gasteiger partial charge in [-0.1, -0.05) is 24.3 Å². The van der Waals surface area contributed by atoms with Crippen LogP contribution in [-0.4, -0.2) is 6.04 Å². The van der Waals surface area contributed by atoms with E-state index >= 15 is 0 Å². The zero-order valence-corrected chi connectivity index (χ0v) is 9.65. The van der Waals surface area contributed by atoms with Crippen molar-refractivity contribution in [3.63, 3.8) is 0 Å². The highest BCUT2D eigenvalue weighted by atomic mass is 14.7. The molecule has 1 aromatic carbocycles. The third-order valence-corrected chi connectivity index (χ3v) is 3.55. The second kappa shape index (κ2) is 5.18. The molecule has 0 saturated heterocycles. The van der Waals surface area contributed by atoms with E-state index in [-0.39, 0.29) is 6.04 Å². The van der Waals surface area contributed by atoms with Crippen LogP contribution in [0.25, 0.3) is 0 Å². The largest absolute Gasteiger partial charge is 0.327 e. The lowest BCUT2D eigenvalue weighted by molar-refractivity contribution is 0.486. The van der Waals surface area contributed by atoms with Gasteiger partial charge in [-0.2, -0.15) is 0 Å². The number of terminal acetylenes is 1. The number of rotatable bonds is 4. The average Bonchev–Trinajstić information content (AvgIpc) is 2.73. The smallest absolute Gasteiger partial charge is 0.0108 e. The lowest BCUT2D eigenvalue weighted by Crippen LogP contribution is -2.27. The molecule has 0 bridgehead atoms. The summed E-state index contributed by atoms with van der Waals surface area (Å²) in [6, 6.07) is 8.96. The van der Waals surface area contributed by atoms with Gasteiger partial charge in [0.15, 0.2) is 0 Å². The van der Waals surface area contributed by atoms with Crippen molar-refractivity contribution in [2.24, 2.45) is 5.73 Å². The maximum Gasteiger partial charge on any atom is 0.0108 e. The first kappa shape index (κ1) is 11.2. The van der Waals surface area contributed by atoms with Crippen molar-refractivity contribution in [1.29, 1.82) is 0 Å². The molecule has 0 heterocycles. The van der Waals surface area contributed by atoms with Crippen LogP contribution in [0.4, 0.5) is 0 Å². The maximum atomic E-state index is 6.27. The summed E-state index contributed by atoms with van der Waals surface area (Å²) in [7, 11) is 0. The molecule has 2 N–H and O–H groups in total. The minimum Gasteiger partial charge on any atom is -0.327 e. The number of hydrogen-bond donors (Lipinski definition) is 1. The average molecular weight is 213 g/mol. The van der Waals surface area contributed by atoms with Gasteiger partial charge in [0.25, 0.3) is 0 Å². The molecule has 1 aliphatic rings. The van der Waals surface area contributed by atoms with Crippen LogP contribution in [0.5, 0.6) is 0 Å². The summed E-state index contributed by atoms with van der Waals surface area (Å²) in [5.41, 5.74) is 9.22. The van der Waals surface area contributed by atoms with Crippen LogP contribution >= 0.6 is 0 Å². The van der Waals surface area contributed by atoms with E-state index in [4.69, 9.17) is 12.2 Å². The summed E-state index contributed by atoms with van der Waals surface area (Å²) in [6.45, 7) is 0. The summed E-state index contributed by atoms with van der Waals surface area (Å²) >= 11 is 0. The SMILES string of the molecule is C#CCCCC(N)C1CCc2ccccc21. The van der Waals surface area contributed by atoms with Crippen LogP contribution in [0.3, 0.4) is 0 Å². The summed E-state index contributed by atoms with van der Waals surface area (Å²) < 4.78 is 0. The monoisotopic (exact) mass is 213 g/mol. The number of fused-ring (bicyclic) bond motifs is 1. The lowest BCUT2D eigenvalue weighted by atomic mass is 9.90. The minimum atomic E-state index is 0.275. The Bertz CT molecular complexity index is 389. The molecule has 1 heteroatoms. The molecule has 0 aliphatic heterocycles. The fraction of sp³-hybridized carbons (Fsp3) is 0.467. The summed E-state index contributed by atoms with van der Waals surface area (Å²) in [4.78, 5) is 0. The Hall–Kier alpha value is -1.26. The van der Waals surface area contributed by atoms with E-state index in [1.165, 1.54) is 24.0 Å².